The lowest BCUT2D eigenvalue weighted by Gasteiger charge is -2.40. The highest BCUT2D eigenvalue weighted by atomic mass is 32.2. The summed E-state index contributed by atoms with van der Waals surface area (Å²) >= 11 is 1.78. The monoisotopic (exact) mass is 553 g/mol. The van der Waals surface area contributed by atoms with Crippen LogP contribution >= 0.6 is 11.8 Å². The molecule has 0 N–H and O–H groups in total. The molecule has 0 bridgehead atoms. The van der Waals surface area contributed by atoms with Gasteiger partial charge in [-0.15, -0.1) is 0 Å². The Morgan fingerprint density at radius 3 is 1.79 bits per heavy atom. The lowest BCUT2D eigenvalue weighted by molar-refractivity contribution is 0.484. The third-order valence-electron chi connectivity index (χ3n) is 9.18. The Hall–Kier alpha value is -5.06. The van der Waals surface area contributed by atoms with Crippen molar-refractivity contribution in [3.63, 3.8) is 0 Å². The van der Waals surface area contributed by atoms with Crippen LogP contribution in [0.1, 0.15) is 16.7 Å². The van der Waals surface area contributed by atoms with Crippen LogP contribution in [-0.2, 0) is 5.54 Å². The Labute approximate surface area is 246 Å². The van der Waals surface area contributed by atoms with E-state index < -0.39 is 5.54 Å². The van der Waals surface area contributed by atoms with E-state index in [4.69, 9.17) is 4.98 Å². The molecule has 2 aromatic heterocycles. The molecule has 0 fully saturated rings. The molecule has 0 saturated carbocycles. The zero-order valence-electron chi connectivity index (χ0n) is 22.5. The number of nitrogens with zero attached hydrogens (tertiary/aromatic N) is 3. The lowest BCUT2D eigenvalue weighted by atomic mass is 9.79. The Morgan fingerprint density at radius 2 is 1.10 bits per heavy atom. The third kappa shape index (κ3) is 2.66. The second kappa shape index (κ2) is 8.03. The quantitative estimate of drug-likeness (QED) is 0.202. The first-order valence-corrected chi connectivity index (χ1v) is 15.1. The first-order valence-electron chi connectivity index (χ1n) is 14.3. The zero-order valence-corrected chi connectivity index (χ0v) is 23.3. The number of benzene rings is 6. The molecule has 42 heavy (non-hydrogen) atoms. The molecule has 0 radical (unpaired) electrons. The fraction of sp³-hybridized carbons (Fsp3) is 0.0263. The Kier molecular flexibility index (Phi) is 4.32. The molecule has 196 valence electrons. The van der Waals surface area contributed by atoms with Gasteiger partial charge in [0.2, 0.25) is 0 Å². The number of aromatic nitrogens is 3. The van der Waals surface area contributed by atoms with Crippen molar-refractivity contribution >= 4 is 44.6 Å². The van der Waals surface area contributed by atoms with Crippen LogP contribution < -0.4 is 0 Å². The van der Waals surface area contributed by atoms with Crippen molar-refractivity contribution in [2.45, 2.75) is 15.6 Å². The molecule has 1 spiro atoms. The minimum absolute atomic E-state index is 0.515. The number of hydrogen-bond acceptors (Lipinski definition) is 2. The first-order chi connectivity index (χ1) is 20.8. The summed E-state index contributed by atoms with van der Waals surface area (Å²) in [4.78, 5) is 6.47. The fourth-order valence-electron chi connectivity index (χ4n) is 7.59. The molecule has 3 heterocycles. The minimum Gasteiger partial charge on any atom is -0.309 e. The molecule has 8 aromatic rings. The highest BCUT2D eigenvalue weighted by Crippen LogP contribution is 2.59. The normalized spacial score (nSPS) is 14.3. The minimum atomic E-state index is -0.515. The van der Waals surface area contributed by atoms with Gasteiger partial charge in [0, 0.05) is 26.9 Å². The van der Waals surface area contributed by atoms with E-state index >= 15 is 0 Å². The number of hydrogen-bond donors (Lipinski definition) is 0. The van der Waals surface area contributed by atoms with Gasteiger partial charge < -0.3 is 4.57 Å². The fourth-order valence-corrected chi connectivity index (χ4v) is 8.77. The summed E-state index contributed by atoms with van der Waals surface area (Å²) in [5.41, 5.74) is 11.8. The van der Waals surface area contributed by atoms with E-state index in [0.717, 1.165) is 21.9 Å². The van der Waals surface area contributed by atoms with E-state index in [1.54, 1.807) is 11.8 Å². The van der Waals surface area contributed by atoms with E-state index in [0.29, 0.717) is 0 Å². The number of para-hydroxylation sites is 4. The molecule has 4 heteroatoms. The lowest BCUT2D eigenvalue weighted by Crippen LogP contribution is -2.38. The van der Waals surface area contributed by atoms with E-state index in [2.05, 4.69) is 149 Å². The molecular weight excluding hydrogens is 531 g/mol. The summed E-state index contributed by atoms with van der Waals surface area (Å²) < 4.78 is 4.91. The Bertz CT molecular complexity index is 2310. The van der Waals surface area contributed by atoms with Crippen LogP contribution in [0.3, 0.4) is 0 Å². The van der Waals surface area contributed by atoms with Gasteiger partial charge in [0.1, 0.15) is 5.54 Å². The van der Waals surface area contributed by atoms with Gasteiger partial charge in [-0.1, -0.05) is 115 Å². The van der Waals surface area contributed by atoms with Crippen molar-refractivity contribution in [1.82, 2.24) is 14.1 Å². The SMILES string of the molecule is c1ccc2c(c1)-c1ccccc1C21c2ccc(-n3c4ccccc4c4ccccc43)cc2Sc2nc3ccccc3n21. The molecule has 0 unspecified atom stereocenters. The summed E-state index contributed by atoms with van der Waals surface area (Å²) in [6.07, 6.45) is 0. The number of fused-ring (bicyclic) bond motifs is 14. The van der Waals surface area contributed by atoms with E-state index in [1.807, 2.05) is 0 Å². The van der Waals surface area contributed by atoms with E-state index in [1.165, 1.54) is 54.5 Å². The molecule has 0 atom stereocenters. The largest absolute Gasteiger partial charge is 0.309 e. The van der Waals surface area contributed by atoms with Gasteiger partial charge >= 0.3 is 0 Å². The second-order valence-corrected chi connectivity index (χ2v) is 12.2. The summed E-state index contributed by atoms with van der Waals surface area (Å²) in [5, 5.41) is 3.57. The van der Waals surface area contributed by atoms with Crippen LogP contribution in [0.25, 0.3) is 49.7 Å². The molecule has 10 rings (SSSR count). The smallest absolute Gasteiger partial charge is 0.175 e. The van der Waals surface area contributed by atoms with Crippen LogP contribution in [0.15, 0.2) is 150 Å². The predicted molar refractivity (Wildman–Crippen MR) is 172 cm³/mol. The third-order valence-corrected chi connectivity index (χ3v) is 10.2. The highest BCUT2D eigenvalue weighted by molar-refractivity contribution is 7.99. The van der Waals surface area contributed by atoms with Crippen LogP contribution in [0.2, 0.25) is 0 Å². The maximum Gasteiger partial charge on any atom is 0.175 e. The van der Waals surface area contributed by atoms with Gasteiger partial charge in [0.05, 0.1) is 22.1 Å². The molecule has 3 nitrogen and oxygen atoms in total. The van der Waals surface area contributed by atoms with Crippen molar-refractivity contribution in [2.75, 3.05) is 0 Å². The second-order valence-electron chi connectivity index (χ2n) is 11.2. The van der Waals surface area contributed by atoms with Gasteiger partial charge in [0.15, 0.2) is 5.16 Å². The zero-order chi connectivity index (χ0) is 27.4. The highest BCUT2D eigenvalue weighted by Gasteiger charge is 2.51. The predicted octanol–water partition coefficient (Wildman–Crippen LogP) is 9.42. The maximum atomic E-state index is 5.23. The van der Waals surface area contributed by atoms with Gasteiger partial charge in [-0.2, -0.15) is 0 Å². The number of imidazole rings is 1. The van der Waals surface area contributed by atoms with Crippen molar-refractivity contribution in [3.05, 3.63) is 156 Å². The van der Waals surface area contributed by atoms with Crippen LogP contribution in [0.5, 0.6) is 0 Å². The average molecular weight is 554 g/mol. The molecule has 6 aromatic carbocycles. The van der Waals surface area contributed by atoms with Crippen molar-refractivity contribution < 1.29 is 0 Å². The van der Waals surface area contributed by atoms with E-state index in [9.17, 15) is 0 Å². The average Bonchev–Trinajstić information content (AvgIpc) is 3.68. The standard InChI is InChI=1S/C38H23N3S/c1-5-15-29-25(11-1)26-12-2-6-16-30(26)38(29)31-22-21-24(23-36(31)42-37-39-32-17-7-10-20-35(32)41(37)38)40-33-18-8-3-13-27(33)28-14-4-9-19-34(28)40/h1-23H. The van der Waals surface area contributed by atoms with Crippen LogP contribution in [0.4, 0.5) is 0 Å². The molecule has 1 aliphatic carbocycles. The van der Waals surface area contributed by atoms with Gasteiger partial charge in [0.25, 0.3) is 0 Å². The van der Waals surface area contributed by atoms with Gasteiger partial charge in [-0.25, -0.2) is 4.98 Å². The molecule has 1 aliphatic heterocycles. The summed E-state index contributed by atoms with van der Waals surface area (Å²) in [7, 11) is 0. The first kappa shape index (κ1) is 22.6. The van der Waals surface area contributed by atoms with Crippen LogP contribution in [0, 0.1) is 0 Å². The Morgan fingerprint density at radius 1 is 0.524 bits per heavy atom. The summed E-state index contributed by atoms with van der Waals surface area (Å²) in [5.74, 6) is 0. The summed E-state index contributed by atoms with van der Waals surface area (Å²) in [6.45, 7) is 0. The van der Waals surface area contributed by atoms with Crippen LogP contribution in [-0.4, -0.2) is 14.1 Å². The molecule has 0 saturated heterocycles. The van der Waals surface area contributed by atoms with Crippen molar-refractivity contribution in [1.29, 1.82) is 0 Å². The number of rotatable bonds is 1. The topological polar surface area (TPSA) is 22.8 Å². The van der Waals surface area contributed by atoms with Gasteiger partial charge in [-0.3, -0.25) is 4.57 Å². The molecule has 2 aliphatic rings. The van der Waals surface area contributed by atoms with Gasteiger partial charge in [-0.05, 0) is 58.7 Å². The maximum absolute atomic E-state index is 5.23. The van der Waals surface area contributed by atoms with E-state index in [-0.39, 0.29) is 0 Å². The Balaban J connectivity index is 1.33. The molecule has 0 amide bonds. The molecular formula is C38H23N3S. The van der Waals surface area contributed by atoms with Crippen molar-refractivity contribution in [2.24, 2.45) is 0 Å². The summed E-state index contributed by atoms with van der Waals surface area (Å²) in [6, 6.07) is 50.9. The van der Waals surface area contributed by atoms with Crippen molar-refractivity contribution in [3.8, 4) is 16.8 Å².